The van der Waals surface area contributed by atoms with Crippen molar-refractivity contribution in [3.05, 3.63) is 12.2 Å². The van der Waals surface area contributed by atoms with E-state index in [2.05, 4.69) is 6.92 Å². The molecular weight excluding hydrogens is 448 g/mol. The third kappa shape index (κ3) is 30.7. The average Bonchev–Trinajstić information content (AvgIpc) is 2.87. The fraction of sp³-hybridized carbons (Fsp3) is 0.875. The SMILES string of the molecule is CCCCCCCCCCCCCCCCCCCCCCCCCCCCOC(=O)C=CC(=O)O. The number of ether oxygens (including phenoxy) is 1. The molecule has 0 radical (unpaired) electrons. The van der Waals surface area contributed by atoms with Crippen LogP contribution in [0.3, 0.4) is 0 Å². The van der Waals surface area contributed by atoms with Gasteiger partial charge in [-0.25, -0.2) is 9.59 Å². The van der Waals surface area contributed by atoms with Gasteiger partial charge in [-0.15, -0.1) is 0 Å². The number of rotatable bonds is 29. The van der Waals surface area contributed by atoms with Crippen molar-refractivity contribution in [2.45, 2.75) is 174 Å². The van der Waals surface area contributed by atoms with Crippen LogP contribution in [0.2, 0.25) is 0 Å². The molecular formula is C32H60O4. The van der Waals surface area contributed by atoms with Crippen molar-refractivity contribution in [1.29, 1.82) is 0 Å². The Morgan fingerprint density at radius 3 is 1.03 bits per heavy atom. The van der Waals surface area contributed by atoms with Gasteiger partial charge in [0.2, 0.25) is 0 Å². The molecule has 0 aromatic rings. The van der Waals surface area contributed by atoms with Crippen molar-refractivity contribution in [3.63, 3.8) is 0 Å². The lowest BCUT2D eigenvalue weighted by molar-refractivity contribution is -0.138. The molecule has 212 valence electrons. The summed E-state index contributed by atoms with van der Waals surface area (Å²) in [7, 11) is 0. The number of carboxylic acids is 1. The number of hydrogen-bond donors (Lipinski definition) is 1. The van der Waals surface area contributed by atoms with E-state index < -0.39 is 11.9 Å². The Labute approximate surface area is 224 Å². The summed E-state index contributed by atoms with van der Waals surface area (Å²) in [4.78, 5) is 21.5. The first-order chi connectivity index (χ1) is 17.7. The lowest BCUT2D eigenvalue weighted by Gasteiger charge is -2.04. The lowest BCUT2D eigenvalue weighted by atomic mass is 10.0. The molecule has 4 nitrogen and oxygen atoms in total. The van der Waals surface area contributed by atoms with Gasteiger partial charge in [0.05, 0.1) is 6.61 Å². The molecule has 1 N–H and O–H groups in total. The van der Waals surface area contributed by atoms with Crippen LogP contribution in [0.4, 0.5) is 0 Å². The summed E-state index contributed by atoms with van der Waals surface area (Å²) in [6.07, 6.45) is 37.4. The second-order valence-corrected chi connectivity index (χ2v) is 10.7. The maximum absolute atomic E-state index is 11.2. The van der Waals surface area contributed by atoms with Gasteiger partial charge in [0.25, 0.3) is 0 Å². The second kappa shape index (κ2) is 29.9. The van der Waals surface area contributed by atoms with E-state index in [0.29, 0.717) is 6.61 Å². The summed E-state index contributed by atoms with van der Waals surface area (Å²) in [5.74, 6) is -1.70. The summed E-state index contributed by atoms with van der Waals surface area (Å²) >= 11 is 0. The number of aliphatic carboxylic acids is 1. The van der Waals surface area contributed by atoms with E-state index >= 15 is 0 Å². The number of esters is 1. The first kappa shape index (κ1) is 34.7. The van der Waals surface area contributed by atoms with Crippen molar-refractivity contribution >= 4 is 11.9 Å². The van der Waals surface area contributed by atoms with Crippen molar-refractivity contribution in [1.82, 2.24) is 0 Å². The molecule has 0 saturated heterocycles. The lowest BCUT2D eigenvalue weighted by Crippen LogP contribution is -2.03. The van der Waals surface area contributed by atoms with Gasteiger partial charge in [0, 0.05) is 12.2 Å². The molecule has 4 heteroatoms. The first-order valence-corrected chi connectivity index (χ1v) is 15.7. The highest BCUT2D eigenvalue weighted by Gasteiger charge is 1.99. The van der Waals surface area contributed by atoms with Gasteiger partial charge in [0.1, 0.15) is 0 Å². The summed E-state index contributed by atoms with van der Waals surface area (Å²) in [5, 5.41) is 8.44. The minimum Gasteiger partial charge on any atom is -0.478 e. The Balaban J connectivity index is 3.10. The minimum absolute atomic E-state index is 0.377. The molecule has 0 heterocycles. The van der Waals surface area contributed by atoms with E-state index in [9.17, 15) is 9.59 Å². The van der Waals surface area contributed by atoms with Crippen LogP contribution >= 0.6 is 0 Å². The fourth-order valence-electron chi connectivity index (χ4n) is 4.78. The molecule has 0 aliphatic rings. The fourth-order valence-corrected chi connectivity index (χ4v) is 4.78. The molecule has 0 fully saturated rings. The Bertz CT molecular complexity index is 500. The maximum Gasteiger partial charge on any atom is 0.331 e. The highest BCUT2D eigenvalue weighted by molar-refractivity contribution is 5.90. The Kier molecular flexibility index (Phi) is 28.8. The van der Waals surface area contributed by atoms with Gasteiger partial charge in [0.15, 0.2) is 0 Å². The predicted octanol–water partition coefficient (Wildman–Crippen LogP) is 10.3. The standard InChI is InChI=1S/C32H60O4/c1-2-3-4-5-6-7-8-9-10-11-12-13-14-15-16-17-18-19-20-21-22-23-24-25-26-27-30-36-32(35)29-28-31(33)34/h28-29H,2-27,30H2,1H3,(H,33,34). The van der Waals surface area contributed by atoms with Crippen LogP contribution in [0.25, 0.3) is 0 Å². The van der Waals surface area contributed by atoms with Crippen LogP contribution < -0.4 is 0 Å². The van der Waals surface area contributed by atoms with Gasteiger partial charge < -0.3 is 9.84 Å². The summed E-state index contributed by atoms with van der Waals surface area (Å²) < 4.78 is 4.96. The molecule has 0 saturated carbocycles. The van der Waals surface area contributed by atoms with Gasteiger partial charge >= 0.3 is 11.9 Å². The zero-order valence-corrected chi connectivity index (χ0v) is 23.9. The first-order valence-electron chi connectivity index (χ1n) is 15.7. The number of carbonyl (C=O) groups excluding carboxylic acids is 1. The highest BCUT2D eigenvalue weighted by Crippen LogP contribution is 2.16. The molecule has 0 amide bonds. The van der Waals surface area contributed by atoms with E-state index in [1.54, 1.807) is 0 Å². The summed E-state index contributed by atoms with van der Waals surface area (Å²) in [5.41, 5.74) is 0. The Morgan fingerprint density at radius 1 is 0.472 bits per heavy atom. The predicted molar refractivity (Wildman–Crippen MR) is 153 cm³/mol. The van der Waals surface area contributed by atoms with Gasteiger partial charge in [-0.05, 0) is 6.42 Å². The van der Waals surface area contributed by atoms with Crippen LogP contribution in [0.1, 0.15) is 174 Å². The van der Waals surface area contributed by atoms with Crippen molar-refractivity contribution in [2.24, 2.45) is 0 Å². The number of hydrogen-bond acceptors (Lipinski definition) is 3. The van der Waals surface area contributed by atoms with Crippen LogP contribution in [-0.4, -0.2) is 23.7 Å². The van der Waals surface area contributed by atoms with E-state index in [0.717, 1.165) is 25.0 Å². The van der Waals surface area contributed by atoms with E-state index in [4.69, 9.17) is 9.84 Å². The molecule has 0 unspecified atom stereocenters. The summed E-state index contributed by atoms with van der Waals surface area (Å²) in [6.45, 7) is 2.67. The monoisotopic (exact) mass is 508 g/mol. The van der Waals surface area contributed by atoms with Crippen molar-refractivity contribution in [2.75, 3.05) is 6.61 Å². The van der Waals surface area contributed by atoms with Crippen molar-refractivity contribution < 1.29 is 19.4 Å². The zero-order chi connectivity index (χ0) is 26.4. The van der Waals surface area contributed by atoms with Crippen LogP contribution in [0.5, 0.6) is 0 Å². The third-order valence-electron chi connectivity index (χ3n) is 7.10. The second-order valence-electron chi connectivity index (χ2n) is 10.7. The number of carbonyl (C=O) groups is 2. The quantitative estimate of drug-likeness (QED) is 0.0620. The molecule has 0 spiro atoms. The molecule has 0 aliphatic heterocycles. The maximum atomic E-state index is 11.2. The third-order valence-corrected chi connectivity index (χ3v) is 7.10. The van der Waals surface area contributed by atoms with E-state index in [1.807, 2.05) is 0 Å². The Morgan fingerprint density at radius 2 is 0.750 bits per heavy atom. The van der Waals surface area contributed by atoms with Crippen molar-refractivity contribution in [3.8, 4) is 0 Å². The smallest absolute Gasteiger partial charge is 0.331 e. The average molecular weight is 509 g/mol. The van der Waals surface area contributed by atoms with E-state index in [1.165, 1.54) is 154 Å². The molecule has 0 aliphatic carbocycles. The van der Waals surface area contributed by atoms with Gasteiger partial charge in [-0.2, -0.15) is 0 Å². The molecule has 0 rings (SSSR count). The van der Waals surface area contributed by atoms with Crippen LogP contribution in [-0.2, 0) is 14.3 Å². The highest BCUT2D eigenvalue weighted by atomic mass is 16.5. The minimum atomic E-state index is -1.13. The molecule has 36 heavy (non-hydrogen) atoms. The molecule has 0 atom stereocenters. The zero-order valence-electron chi connectivity index (χ0n) is 23.9. The molecule has 0 aromatic heterocycles. The van der Waals surface area contributed by atoms with Gasteiger partial charge in [-0.1, -0.05) is 167 Å². The molecule has 0 bridgehead atoms. The summed E-state index contributed by atoms with van der Waals surface area (Å²) in [6, 6.07) is 0. The number of carboxylic acid groups (broad SMARTS) is 1. The largest absolute Gasteiger partial charge is 0.478 e. The Hall–Kier alpha value is -1.32. The molecule has 0 aromatic carbocycles. The van der Waals surface area contributed by atoms with E-state index in [-0.39, 0.29) is 0 Å². The number of unbranched alkanes of at least 4 members (excludes halogenated alkanes) is 25. The van der Waals surface area contributed by atoms with Crippen LogP contribution in [0, 0.1) is 0 Å². The normalized spacial score (nSPS) is 11.4. The van der Waals surface area contributed by atoms with Crippen LogP contribution in [0.15, 0.2) is 12.2 Å². The van der Waals surface area contributed by atoms with Gasteiger partial charge in [-0.3, -0.25) is 0 Å². The topological polar surface area (TPSA) is 63.6 Å².